The molecule has 0 spiro atoms. The third-order valence-electron chi connectivity index (χ3n) is 2.09. The second kappa shape index (κ2) is 2.98. The molecule has 0 unspecified atom stereocenters. The molecule has 2 nitrogen and oxygen atoms in total. The zero-order chi connectivity index (χ0) is 9.26. The molecule has 0 atom stereocenters. The lowest BCUT2D eigenvalue weighted by molar-refractivity contribution is -0.108. The molecule has 0 aliphatic heterocycles. The van der Waals surface area contributed by atoms with Crippen LogP contribution in [-0.2, 0) is 4.79 Å². The van der Waals surface area contributed by atoms with E-state index >= 15 is 0 Å². The molecule has 0 radical (unpaired) electrons. The highest BCUT2D eigenvalue weighted by Crippen LogP contribution is 2.17. The standard InChI is InChI=1S/C11H9NO/c1-12-11-9-5-3-2-4-8(9)6-7-10(11)13/h2-7H,1H3/b12-11-. The molecule has 0 saturated carbocycles. The number of rotatable bonds is 0. The Morgan fingerprint density at radius 3 is 2.69 bits per heavy atom. The molecular formula is C11H9NO. The van der Waals surface area contributed by atoms with Crippen molar-refractivity contribution >= 4 is 17.6 Å². The van der Waals surface area contributed by atoms with E-state index in [1.54, 1.807) is 13.1 Å². The molecule has 0 amide bonds. The van der Waals surface area contributed by atoms with Crippen LogP contribution in [0.1, 0.15) is 11.1 Å². The van der Waals surface area contributed by atoms with E-state index in [1.165, 1.54) is 0 Å². The highest BCUT2D eigenvalue weighted by molar-refractivity contribution is 6.52. The summed E-state index contributed by atoms with van der Waals surface area (Å²) in [6.07, 6.45) is 3.39. The van der Waals surface area contributed by atoms with Crippen molar-refractivity contribution in [2.24, 2.45) is 4.99 Å². The molecule has 64 valence electrons. The number of benzene rings is 1. The van der Waals surface area contributed by atoms with Crippen LogP contribution in [-0.4, -0.2) is 18.5 Å². The minimum Gasteiger partial charge on any atom is -0.288 e. The van der Waals surface area contributed by atoms with Gasteiger partial charge in [-0.05, 0) is 11.6 Å². The second-order valence-electron chi connectivity index (χ2n) is 2.86. The monoisotopic (exact) mass is 171 g/mol. The molecule has 1 aliphatic rings. The number of allylic oxidation sites excluding steroid dienone is 1. The Kier molecular flexibility index (Phi) is 1.81. The number of fused-ring (bicyclic) bond motifs is 1. The molecule has 13 heavy (non-hydrogen) atoms. The smallest absolute Gasteiger partial charge is 0.204 e. The van der Waals surface area contributed by atoms with Crippen molar-refractivity contribution < 1.29 is 4.79 Å². The average Bonchev–Trinajstić information content (AvgIpc) is 2.18. The largest absolute Gasteiger partial charge is 0.288 e. The quantitative estimate of drug-likeness (QED) is 0.584. The van der Waals surface area contributed by atoms with Gasteiger partial charge in [-0.15, -0.1) is 0 Å². The van der Waals surface area contributed by atoms with Gasteiger partial charge in [0.25, 0.3) is 0 Å². The lowest BCUT2D eigenvalue weighted by Crippen LogP contribution is -2.17. The van der Waals surface area contributed by atoms with Crippen LogP contribution in [0.15, 0.2) is 35.3 Å². The molecule has 1 aliphatic carbocycles. The lowest BCUT2D eigenvalue weighted by atomic mass is 9.95. The zero-order valence-electron chi connectivity index (χ0n) is 7.32. The van der Waals surface area contributed by atoms with Crippen molar-refractivity contribution in [1.82, 2.24) is 0 Å². The van der Waals surface area contributed by atoms with Gasteiger partial charge in [-0.3, -0.25) is 9.79 Å². The van der Waals surface area contributed by atoms with Gasteiger partial charge in [0.15, 0.2) is 0 Å². The number of hydrogen-bond donors (Lipinski definition) is 0. The Bertz CT molecular complexity index is 416. The summed E-state index contributed by atoms with van der Waals surface area (Å²) in [6.45, 7) is 0. The van der Waals surface area contributed by atoms with Crippen LogP contribution in [0.3, 0.4) is 0 Å². The third-order valence-corrected chi connectivity index (χ3v) is 2.09. The van der Waals surface area contributed by atoms with Crippen molar-refractivity contribution in [3.05, 3.63) is 41.5 Å². The minimum atomic E-state index is -0.0128. The normalized spacial score (nSPS) is 17.6. The number of hydrogen-bond acceptors (Lipinski definition) is 2. The van der Waals surface area contributed by atoms with Crippen molar-refractivity contribution in [1.29, 1.82) is 0 Å². The van der Waals surface area contributed by atoms with Gasteiger partial charge in [-0.1, -0.05) is 30.3 Å². The van der Waals surface area contributed by atoms with Crippen LogP contribution in [0.4, 0.5) is 0 Å². The van der Waals surface area contributed by atoms with E-state index in [0.29, 0.717) is 5.71 Å². The maximum atomic E-state index is 11.4. The molecule has 0 saturated heterocycles. The number of carbonyl (C=O) groups excluding carboxylic acids is 1. The summed E-state index contributed by atoms with van der Waals surface area (Å²) in [6, 6.07) is 7.76. The highest BCUT2D eigenvalue weighted by Gasteiger charge is 2.16. The number of carbonyl (C=O) groups is 1. The summed E-state index contributed by atoms with van der Waals surface area (Å²) in [5, 5.41) is 0. The van der Waals surface area contributed by atoms with Gasteiger partial charge in [-0.2, -0.15) is 0 Å². The molecule has 0 heterocycles. The molecule has 1 aromatic rings. The molecule has 1 aromatic carbocycles. The van der Waals surface area contributed by atoms with E-state index in [0.717, 1.165) is 11.1 Å². The molecule has 2 heteroatoms. The van der Waals surface area contributed by atoms with E-state index in [-0.39, 0.29) is 5.78 Å². The van der Waals surface area contributed by atoms with E-state index < -0.39 is 0 Å². The summed E-state index contributed by atoms with van der Waals surface area (Å²) in [5.41, 5.74) is 2.54. The first-order valence-corrected chi connectivity index (χ1v) is 4.11. The van der Waals surface area contributed by atoms with E-state index in [1.807, 2.05) is 30.3 Å². The van der Waals surface area contributed by atoms with Crippen LogP contribution in [0.5, 0.6) is 0 Å². The number of nitrogens with zero attached hydrogens (tertiary/aromatic N) is 1. The van der Waals surface area contributed by atoms with Gasteiger partial charge in [0.05, 0.1) is 0 Å². The first-order valence-electron chi connectivity index (χ1n) is 4.11. The third kappa shape index (κ3) is 1.20. The Morgan fingerprint density at radius 2 is 1.92 bits per heavy atom. The van der Waals surface area contributed by atoms with Crippen molar-refractivity contribution in [3.63, 3.8) is 0 Å². The Hall–Kier alpha value is -1.70. The molecule has 0 bridgehead atoms. The van der Waals surface area contributed by atoms with Gasteiger partial charge in [0, 0.05) is 12.6 Å². The Morgan fingerprint density at radius 1 is 1.15 bits per heavy atom. The minimum absolute atomic E-state index is 0.0128. The summed E-state index contributed by atoms with van der Waals surface area (Å²) >= 11 is 0. The van der Waals surface area contributed by atoms with Crippen molar-refractivity contribution in [3.8, 4) is 0 Å². The summed E-state index contributed by atoms with van der Waals surface area (Å²) in [4.78, 5) is 15.4. The topological polar surface area (TPSA) is 29.4 Å². The summed E-state index contributed by atoms with van der Waals surface area (Å²) in [7, 11) is 1.64. The van der Waals surface area contributed by atoms with Crippen LogP contribution < -0.4 is 0 Å². The van der Waals surface area contributed by atoms with Gasteiger partial charge in [0.2, 0.25) is 5.78 Å². The van der Waals surface area contributed by atoms with E-state index in [4.69, 9.17) is 0 Å². The van der Waals surface area contributed by atoms with Gasteiger partial charge in [0.1, 0.15) is 5.71 Å². The van der Waals surface area contributed by atoms with Crippen molar-refractivity contribution in [2.75, 3.05) is 7.05 Å². The molecule has 0 fully saturated rings. The predicted octanol–water partition coefficient (Wildman–Crippen LogP) is 1.70. The highest BCUT2D eigenvalue weighted by atomic mass is 16.1. The molecular weight excluding hydrogens is 162 g/mol. The Labute approximate surface area is 76.6 Å². The maximum Gasteiger partial charge on any atom is 0.204 e. The number of aliphatic imine (C=N–C) groups is 1. The first-order chi connectivity index (χ1) is 6.33. The van der Waals surface area contributed by atoms with E-state index in [2.05, 4.69) is 4.99 Å². The van der Waals surface area contributed by atoms with Crippen molar-refractivity contribution in [2.45, 2.75) is 0 Å². The maximum absolute atomic E-state index is 11.4. The Balaban J connectivity index is 2.67. The van der Waals surface area contributed by atoms with Gasteiger partial charge < -0.3 is 0 Å². The number of ketones is 1. The van der Waals surface area contributed by atoms with Gasteiger partial charge in [-0.25, -0.2) is 0 Å². The van der Waals surface area contributed by atoms with E-state index in [9.17, 15) is 4.79 Å². The summed E-state index contributed by atoms with van der Waals surface area (Å²) < 4.78 is 0. The molecule has 2 rings (SSSR count). The fourth-order valence-corrected chi connectivity index (χ4v) is 1.47. The molecule has 0 N–H and O–H groups in total. The molecule has 0 aromatic heterocycles. The predicted molar refractivity (Wildman–Crippen MR) is 52.9 cm³/mol. The zero-order valence-corrected chi connectivity index (χ0v) is 7.32. The van der Waals surface area contributed by atoms with Crippen LogP contribution in [0.25, 0.3) is 6.08 Å². The first kappa shape index (κ1) is 7.92. The van der Waals surface area contributed by atoms with Crippen LogP contribution in [0, 0.1) is 0 Å². The summed E-state index contributed by atoms with van der Waals surface area (Å²) in [5.74, 6) is -0.0128. The van der Waals surface area contributed by atoms with Gasteiger partial charge >= 0.3 is 0 Å². The average molecular weight is 171 g/mol. The fraction of sp³-hybridized carbons (Fsp3) is 0.0909. The SMILES string of the molecule is C/N=C1\C(=O)C=Cc2ccccc21. The van der Waals surface area contributed by atoms with Crippen LogP contribution >= 0.6 is 0 Å². The second-order valence-corrected chi connectivity index (χ2v) is 2.86. The van der Waals surface area contributed by atoms with Crippen LogP contribution in [0.2, 0.25) is 0 Å². The fourth-order valence-electron chi connectivity index (χ4n) is 1.47. The lowest BCUT2D eigenvalue weighted by Gasteiger charge is -2.10.